The largest absolute Gasteiger partial charge is 0.464 e. The van der Waals surface area contributed by atoms with E-state index in [9.17, 15) is 22.8 Å². The number of halogens is 3. The molecular weight excluding hydrogens is 217 g/mol. The van der Waals surface area contributed by atoms with E-state index in [0.29, 0.717) is 4.68 Å². The van der Waals surface area contributed by atoms with Crippen LogP contribution in [0.25, 0.3) is 0 Å². The van der Waals surface area contributed by atoms with Crippen molar-refractivity contribution in [2.45, 2.75) is 6.18 Å². The first kappa shape index (κ1) is 11.3. The minimum absolute atomic E-state index is 0.678. The van der Waals surface area contributed by atoms with E-state index in [2.05, 4.69) is 4.74 Å². The van der Waals surface area contributed by atoms with E-state index in [1.807, 2.05) is 5.10 Å². The van der Waals surface area contributed by atoms with Crippen LogP contribution in [0.4, 0.5) is 13.2 Å². The first-order chi connectivity index (χ1) is 6.79. The number of rotatable bonds is 1. The molecule has 0 saturated carbocycles. The van der Waals surface area contributed by atoms with Crippen molar-refractivity contribution in [1.82, 2.24) is 9.78 Å². The lowest BCUT2D eigenvalue weighted by atomic mass is 10.2. The number of aromatic amines is 1. The van der Waals surface area contributed by atoms with Crippen LogP contribution in [-0.4, -0.2) is 22.9 Å². The Morgan fingerprint density at radius 1 is 1.47 bits per heavy atom. The van der Waals surface area contributed by atoms with Crippen LogP contribution in [0.15, 0.2) is 4.79 Å². The average molecular weight is 224 g/mol. The fourth-order valence-corrected chi connectivity index (χ4v) is 1.14. The van der Waals surface area contributed by atoms with Crippen molar-refractivity contribution in [3.63, 3.8) is 0 Å². The summed E-state index contributed by atoms with van der Waals surface area (Å²) in [7, 11) is 2.04. The zero-order chi connectivity index (χ0) is 11.8. The number of alkyl halides is 3. The molecule has 0 atom stereocenters. The van der Waals surface area contributed by atoms with Crippen LogP contribution in [0.3, 0.4) is 0 Å². The van der Waals surface area contributed by atoms with Crippen molar-refractivity contribution in [2.24, 2.45) is 7.05 Å². The monoisotopic (exact) mass is 224 g/mol. The van der Waals surface area contributed by atoms with Crippen LogP contribution >= 0.6 is 0 Å². The Bertz CT molecular complexity index is 443. The van der Waals surface area contributed by atoms with E-state index in [1.54, 1.807) is 0 Å². The molecule has 0 spiro atoms. The van der Waals surface area contributed by atoms with Crippen molar-refractivity contribution >= 4 is 5.97 Å². The number of aromatic nitrogens is 2. The van der Waals surface area contributed by atoms with Gasteiger partial charge in [-0.3, -0.25) is 14.6 Å². The standard InChI is InChI=1S/C7H7F3N2O3/c1-12-4(6(14)15-2)3(5(13)11-12)7(8,9)10/h1-2H3,(H,11,13). The van der Waals surface area contributed by atoms with Crippen LogP contribution in [-0.2, 0) is 18.0 Å². The third-order valence-electron chi connectivity index (χ3n) is 1.73. The van der Waals surface area contributed by atoms with E-state index in [0.717, 1.165) is 14.2 Å². The second-order valence-electron chi connectivity index (χ2n) is 2.71. The second-order valence-corrected chi connectivity index (χ2v) is 2.71. The lowest BCUT2D eigenvalue weighted by molar-refractivity contribution is -0.139. The molecule has 0 aliphatic carbocycles. The van der Waals surface area contributed by atoms with Crippen LogP contribution in [0.1, 0.15) is 16.1 Å². The van der Waals surface area contributed by atoms with Crippen LogP contribution < -0.4 is 5.56 Å². The van der Waals surface area contributed by atoms with E-state index in [-0.39, 0.29) is 0 Å². The molecule has 8 heteroatoms. The van der Waals surface area contributed by atoms with Gasteiger partial charge in [-0.15, -0.1) is 0 Å². The molecule has 1 aromatic rings. The number of methoxy groups -OCH3 is 1. The molecule has 0 aliphatic heterocycles. The Kier molecular flexibility index (Phi) is 2.61. The molecule has 5 nitrogen and oxygen atoms in total. The number of hydrogen-bond donors (Lipinski definition) is 1. The number of nitrogens with zero attached hydrogens (tertiary/aromatic N) is 1. The molecule has 0 radical (unpaired) electrons. The fourth-order valence-electron chi connectivity index (χ4n) is 1.14. The Morgan fingerprint density at radius 3 is 2.40 bits per heavy atom. The summed E-state index contributed by atoms with van der Waals surface area (Å²) < 4.78 is 42.0. The highest BCUT2D eigenvalue weighted by Gasteiger charge is 2.41. The lowest BCUT2D eigenvalue weighted by Gasteiger charge is -2.06. The van der Waals surface area contributed by atoms with E-state index in [4.69, 9.17) is 0 Å². The highest BCUT2D eigenvalue weighted by atomic mass is 19.4. The highest BCUT2D eigenvalue weighted by Crippen LogP contribution is 2.29. The molecule has 0 unspecified atom stereocenters. The molecule has 1 N–H and O–H groups in total. The number of carbonyl (C=O) groups is 1. The number of aryl methyl sites for hydroxylation is 1. The van der Waals surface area contributed by atoms with Crippen molar-refractivity contribution in [3.8, 4) is 0 Å². The van der Waals surface area contributed by atoms with Gasteiger partial charge in [0.05, 0.1) is 7.11 Å². The summed E-state index contributed by atoms with van der Waals surface area (Å²) in [5, 5.41) is 1.84. The van der Waals surface area contributed by atoms with Gasteiger partial charge in [0.15, 0.2) is 11.3 Å². The van der Waals surface area contributed by atoms with E-state index < -0.39 is 29.0 Å². The quantitative estimate of drug-likeness (QED) is 0.707. The molecule has 1 heterocycles. The maximum absolute atomic E-state index is 12.4. The smallest absolute Gasteiger partial charge is 0.424 e. The maximum atomic E-state index is 12.4. The summed E-state index contributed by atoms with van der Waals surface area (Å²) in [5.74, 6) is -1.22. The Balaban J connectivity index is 3.50. The predicted octanol–water partition coefficient (Wildman–Crippen LogP) is 0.519. The molecule has 0 saturated heterocycles. The Hall–Kier alpha value is -1.73. The third kappa shape index (κ3) is 1.88. The SMILES string of the molecule is COC(=O)c1c(C(F)(F)F)c(=O)[nH]n1C. The number of hydrogen-bond acceptors (Lipinski definition) is 3. The molecule has 1 rings (SSSR count). The molecule has 0 fully saturated rings. The number of ether oxygens (including phenoxy) is 1. The van der Waals surface area contributed by atoms with E-state index in [1.165, 1.54) is 0 Å². The number of H-pyrrole nitrogens is 1. The van der Waals surface area contributed by atoms with Crippen LogP contribution in [0, 0.1) is 0 Å². The van der Waals surface area contributed by atoms with Gasteiger partial charge in [-0.2, -0.15) is 13.2 Å². The van der Waals surface area contributed by atoms with Gasteiger partial charge in [-0.1, -0.05) is 0 Å². The zero-order valence-corrected chi connectivity index (χ0v) is 7.81. The summed E-state index contributed by atoms with van der Waals surface area (Å²) in [6, 6.07) is 0. The average Bonchev–Trinajstić information content (AvgIpc) is 2.38. The van der Waals surface area contributed by atoms with Crippen molar-refractivity contribution < 1.29 is 22.7 Å². The first-order valence-corrected chi connectivity index (χ1v) is 3.73. The third-order valence-corrected chi connectivity index (χ3v) is 1.73. The summed E-state index contributed by atoms with van der Waals surface area (Å²) in [5.41, 5.74) is -3.75. The minimum atomic E-state index is -4.89. The van der Waals surface area contributed by atoms with Crippen molar-refractivity contribution in [3.05, 3.63) is 21.6 Å². The summed E-state index contributed by atoms with van der Waals surface area (Å²) in [6.07, 6.45) is -4.89. The van der Waals surface area contributed by atoms with Gasteiger partial charge in [-0.25, -0.2) is 4.79 Å². The number of carbonyl (C=O) groups excluding carboxylic acids is 1. The number of nitrogens with one attached hydrogen (secondary N) is 1. The zero-order valence-electron chi connectivity index (χ0n) is 7.81. The molecule has 15 heavy (non-hydrogen) atoms. The lowest BCUT2D eigenvalue weighted by Crippen LogP contribution is -2.20. The Labute approximate surface area is 81.4 Å². The van der Waals surface area contributed by atoms with Gasteiger partial charge in [0.1, 0.15) is 0 Å². The first-order valence-electron chi connectivity index (χ1n) is 3.73. The highest BCUT2D eigenvalue weighted by molar-refractivity contribution is 5.89. The van der Waals surface area contributed by atoms with Crippen molar-refractivity contribution in [1.29, 1.82) is 0 Å². The van der Waals surface area contributed by atoms with Crippen LogP contribution in [0.5, 0.6) is 0 Å². The van der Waals surface area contributed by atoms with Crippen molar-refractivity contribution in [2.75, 3.05) is 7.11 Å². The van der Waals surface area contributed by atoms with Gasteiger partial charge in [0.25, 0.3) is 5.56 Å². The summed E-state index contributed by atoms with van der Waals surface area (Å²) in [4.78, 5) is 21.9. The predicted molar refractivity (Wildman–Crippen MR) is 42.4 cm³/mol. The van der Waals surface area contributed by atoms with Gasteiger partial charge in [0.2, 0.25) is 0 Å². The van der Waals surface area contributed by atoms with Gasteiger partial charge >= 0.3 is 12.1 Å². The molecular formula is C7H7F3N2O3. The fraction of sp³-hybridized carbons (Fsp3) is 0.429. The van der Waals surface area contributed by atoms with Gasteiger partial charge in [-0.05, 0) is 0 Å². The van der Waals surface area contributed by atoms with E-state index >= 15 is 0 Å². The topological polar surface area (TPSA) is 64.1 Å². The van der Waals surface area contributed by atoms with Gasteiger partial charge < -0.3 is 4.74 Å². The molecule has 0 amide bonds. The molecule has 0 aromatic carbocycles. The normalized spacial score (nSPS) is 11.5. The maximum Gasteiger partial charge on any atom is 0.424 e. The van der Waals surface area contributed by atoms with Crippen LogP contribution in [0.2, 0.25) is 0 Å². The summed E-state index contributed by atoms with van der Waals surface area (Å²) in [6.45, 7) is 0. The molecule has 0 aliphatic rings. The summed E-state index contributed by atoms with van der Waals surface area (Å²) >= 11 is 0. The molecule has 1 aromatic heterocycles. The molecule has 0 bridgehead atoms. The second kappa shape index (κ2) is 3.44. The minimum Gasteiger partial charge on any atom is -0.464 e. The Morgan fingerprint density at radius 2 is 2.00 bits per heavy atom. The van der Waals surface area contributed by atoms with Gasteiger partial charge in [0, 0.05) is 7.05 Å². The molecule has 84 valence electrons. The number of esters is 1.